The lowest BCUT2D eigenvalue weighted by molar-refractivity contribution is 0.0991. The number of rotatable bonds is 4. The van der Waals surface area contributed by atoms with Gasteiger partial charge in [0.15, 0.2) is 0 Å². The van der Waals surface area contributed by atoms with Crippen LogP contribution in [0.25, 0.3) is 11.0 Å². The minimum Gasteiger partial charge on any atom is -0.311 e. The van der Waals surface area contributed by atoms with E-state index in [1.807, 2.05) is 67.6 Å². The molecule has 0 saturated heterocycles. The lowest BCUT2D eigenvalue weighted by atomic mass is 10.1. The zero-order valence-corrected chi connectivity index (χ0v) is 16.4. The van der Waals surface area contributed by atoms with Crippen molar-refractivity contribution >= 4 is 22.6 Å². The second-order valence-electron chi connectivity index (χ2n) is 7.05. The molecule has 0 aliphatic carbocycles. The summed E-state index contributed by atoms with van der Waals surface area (Å²) >= 11 is 0. The van der Waals surface area contributed by atoms with Gasteiger partial charge in [-0.1, -0.05) is 48.0 Å². The second kappa shape index (κ2) is 7.72. The number of hydrogen-bond donors (Lipinski definition) is 0. The number of amides is 1. The summed E-state index contributed by atoms with van der Waals surface area (Å²) in [5, 5.41) is 0.754. The summed E-state index contributed by atoms with van der Waals surface area (Å²) in [4.78, 5) is 32.4. The second-order valence-corrected chi connectivity index (χ2v) is 7.05. The van der Waals surface area contributed by atoms with Gasteiger partial charge in [0.1, 0.15) is 11.2 Å². The molecule has 0 atom stereocenters. The van der Waals surface area contributed by atoms with Crippen LogP contribution >= 0.6 is 0 Å². The Kier molecular flexibility index (Phi) is 4.96. The highest BCUT2D eigenvalue weighted by Crippen LogP contribution is 2.17. The van der Waals surface area contributed by atoms with E-state index in [9.17, 15) is 9.59 Å². The number of aromatic nitrogens is 2. The van der Waals surface area contributed by atoms with Crippen LogP contribution in [0.15, 0.2) is 83.8 Å². The Morgan fingerprint density at radius 1 is 1.00 bits per heavy atom. The maximum atomic E-state index is 13.3. The lowest BCUT2D eigenvalue weighted by Gasteiger charge is -2.18. The van der Waals surface area contributed by atoms with Crippen LogP contribution < -0.4 is 10.5 Å². The molecule has 144 valence electrons. The summed E-state index contributed by atoms with van der Waals surface area (Å²) in [5.74, 6) is -0.343. The van der Waals surface area contributed by atoms with Crippen molar-refractivity contribution in [3.05, 3.63) is 106 Å². The van der Waals surface area contributed by atoms with Crippen molar-refractivity contribution in [2.45, 2.75) is 13.5 Å². The predicted molar refractivity (Wildman–Crippen MR) is 115 cm³/mol. The molecular weight excluding hydrogens is 362 g/mol. The first-order valence-electron chi connectivity index (χ1n) is 9.42. The van der Waals surface area contributed by atoms with Gasteiger partial charge in [0.2, 0.25) is 0 Å². The van der Waals surface area contributed by atoms with Gasteiger partial charge >= 0.3 is 0 Å². The van der Waals surface area contributed by atoms with Gasteiger partial charge < -0.3 is 4.90 Å². The van der Waals surface area contributed by atoms with E-state index in [1.54, 1.807) is 29.9 Å². The molecule has 29 heavy (non-hydrogen) atoms. The molecule has 4 rings (SSSR count). The number of aryl methyl sites for hydroxylation is 1. The lowest BCUT2D eigenvalue weighted by Crippen LogP contribution is -2.35. The average Bonchev–Trinajstić information content (AvgIpc) is 2.76. The molecule has 2 aromatic heterocycles. The Balaban J connectivity index is 1.83. The van der Waals surface area contributed by atoms with Crippen molar-refractivity contribution < 1.29 is 4.79 Å². The van der Waals surface area contributed by atoms with Crippen LogP contribution in [0.5, 0.6) is 0 Å². The summed E-state index contributed by atoms with van der Waals surface area (Å²) < 4.78 is 1.58. The van der Waals surface area contributed by atoms with Gasteiger partial charge in [-0.3, -0.25) is 14.2 Å². The maximum absolute atomic E-state index is 13.3. The first kappa shape index (κ1) is 18.6. The number of fused-ring (bicyclic) bond motifs is 1. The first-order chi connectivity index (χ1) is 14.0. The molecule has 5 heteroatoms. The normalized spacial score (nSPS) is 10.8. The summed E-state index contributed by atoms with van der Waals surface area (Å²) in [6, 6.07) is 22.6. The van der Waals surface area contributed by atoms with Crippen LogP contribution in [0.2, 0.25) is 0 Å². The first-order valence-corrected chi connectivity index (χ1v) is 9.42. The highest BCUT2D eigenvalue weighted by molar-refractivity contribution is 6.06. The van der Waals surface area contributed by atoms with Crippen molar-refractivity contribution in [3.8, 4) is 0 Å². The zero-order chi connectivity index (χ0) is 20.4. The Labute approximate surface area is 168 Å². The molecule has 0 saturated carbocycles. The van der Waals surface area contributed by atoms with Crippen LogP contribution in [0.3, 0.4) is 0 Å². The molecule has 0 bridgehead atoms. The third-order valence-electron chi connectivity index (χ3n) is 4.99. The van der Waals surface area contributed by atoms with Crippen molar-refractivity contribution in [2.75, 3.05) is 11.9 Å². The van der Waals surface area contributed by atoms with Gasteiger partial charge in [-0.15, -0.1) is 0 Å². The Morgan fingerprint density at radius 2 is 1.72 bits per heavy atom. The van der Waals surface area contributed by atoms with Crippen LogP contribution in [-0.4, -0.2) is 22.5 Å². The molecule has 4 aromatic rings. The van der Waals surface area contributed by atoms with Crippen molar-refractivity contribution in [1.29, 1.82) is 0 Å². The quantitative estimate of drug-likeness (QED) is 0.535. The van der Waals surface area contributed by atoms with E-state index in [0.717, 1.165) is 22.2 Å². The summed E-state index contributed by atoms with van der Waals surface area (Å²) in [5.41, 5.74) is 3.21. The fourth-order valence-electron chi connectivity index (χ4n) is 3.33. The van der Waals surface area contributed by atoms with E-state index in [-0.39, 0.29) is 17.0 Å². The van der Waals surface area contributed by atoms with E-state index in [0.29, 0.717) is 12.2 Å². The van der Waals surface area contributed by atoms with Gasteiger partial charge in [-0.05, 0) is 42.8 Å². The number of pyridine rings is 2. The van der Waals surface area contributed by atoms with Crippen molar-refractivity contribution in [1.82, 2.24) is 9.55 Å². The molecule has 0 N–H and O–H groups in total. The molecule has 0 aliphatic heterocycles. The van der Waals surface area contributed by atoms with Gasteiger partial charge in [-0.2, -0.15) is 0 Å². The number of carbonyl (C=O) groups is 1. The van der Waals surface area contributed by atoms with E-state index in [2.05, 4.69) is 4.98 Å². The largest absolute Gasteiger partial charge is 0.311 e. The van der Waals surface area contributed by atoms with Gasteiger partial charge in [0, 0.05) is 24.3 Å². The minimum absolute atomic E-state index is 0.129. The minimum atomic E-state index is -0.343. The molecule has 1 amide bonds. The number of nitrogens with zero attached hydrogens (tertiary/aromatic N) is 3. The maximum Gasteiger partial charge on any atom is 0.265 e. The van der Waals surface area contributed by atoms with E-state index in [1.165, 1.54) is 4.90 Å². The number of anilines is 1. The van der Waals surface area contributed by atoms with E-state index < -0.39 is 0 Å². The van der Waals surface area contributed by atoms with Crippen molar-refractivity contribution in [3.63, 3.8) is 0 Å². The summed E-state index contributed by atoms with van der Waals surface area (Å²) in [6.45, 7) is 2.37. The molecule has 0 radical (unpaired) electrons. The van der Waals surface area contributed by atoms with Crippen LogP contribution in [0, 0.1) is 6.92 Å². The molecule has 2 heterocycles. The number of benzene rings is 2. The standard InChI is InChI=1S/C24H21N3O2/c1-17-10-12-18(13-11-17)16-27-22-19(7-6-14-25-22)15-21(24(27)29)23(28)26(2)20-8-4-3-5-9-20/h3-15H,16H2,1-2H3. The van der Waals surface area contributed by atoms with Crippen LogP contribution in [0.1, 0.15) is 21.5 Å². The van der Waals surface area contributed by atoms with Crippen molar-refractivity contribution in [2.24, 2.45) is 0 Å². The summed E-state index contributed by atoms with van der Waals surface area (Å²) in [6.07, 6.45) is 1.66. The number of hydrogen-bond acceptors (Lipinski definition) is 3. The summed E-state index contributed by atoms with van der Waals surface area (Å²) in [7, 11) is 1.68. The van der Waals surface area contributed by atoms with Gasteiger partial charge in [0.25, 0.3) is 11.5 Å². The predicted octanol–water partition coefficient (Wildman–Crippen LogP) is 4.03. The highest BCUT2D eigenvalue weighted by Gasteiger charge is 2.20. The van der Waals surface area contributed by atoms with E-state index >= 15 is 0 Å². The smallest absolute Gasteiger partial charge is 0.265 e. The van der Waals surface area contributed by atoms with Gasteiger partial charge in [0.05, 0.1) is 6.54 Å². The molecule has 0 aliphatic rings. The monoisotopic (exact) mass is 383 g/mol. The number of para-hydroxylation sites is 1. The Bertz CT molecular complexity index is 1230. The average molecular weight is 383 g/mol. The molecule has 0 fully saturated rings. The number of carbonyl (C=O) groups excluding carboxylic acids is 1. The molecular formula is C24H21N3O2. The Hall–Kier alpha value is -3.73. The SMILES string of the molecule is Cc1ccc(Cn2c(=O)c(C(=O)N(C)c3ccccc3)cc3cccnc32)cc1. The molecule has 2 aromatic carbocycles. The molecule has 5 nitrogen and oxygen atoms in total. The molecule has 0 unspecified atom stereocenters. The van der Waals surface area contributed by atoms with E-state index in [4.69, 9.17) is 0 Å². The third kappa shape index (κ3) is 3.67. The fourth-order valence-corrected chi connectivity index (χ4v) is 3.33. The molecule has 0 spiro atoms. The topological polar surface area (TPSA) is 55.2 Å². The highest BCUT2D eigenvalue weighted by atomic mass is 16.2. The third-order valence-corrected chi connectivity index (χ3v) is 4.99. The van der Waals surface area contributed by atoms with Crippen LogP contribution in [0.4, 0.5) is 5.69 Å². The zero-order valence-electron chi connectivity index (χ0n) is 16.4. The Morgan fingerprint density at radius 3 is 2.45 bits per heavy atom. The van der Waals surface area contributed by atoms with Crippen LogP contribution in [-0.2, 0) is 6.54 Å². The fraction of sp³-hybridized carbons (Fsp3) is 0.125. The van der Waals surface area contributed by atoms with Gasteiger partial charge in [-0.25, -0.2) is 4.98 Å².